The highest BCUT2D eigenvalue weighted by Gasteiger charge is 2.47. The summed E-state index contributed by atoms with van der Waals surface area (Å²) in [4.78, 5) is 11.1. The quantitative estimate of drug-likeness (QED) is 0.580. The first-order valence-corrected chi connectivity index (χ1v) is 10.4. The molecule has 2 bridgehead atoms. The van der Waals surface area contributed by atoms with Crippen LogP contribution in [0.5, 0.6) is 0 Å². The number of aromatic nitrogens is 2. The van der Waals surface area contributed by atoms with Crippen LogP contribution in [0.3, 0.4) is 0 Å². The Morgan fingerprint density at radius 1 is 1.07 bits per heavy atom. The fourth-order valence-corrected chi connectivity index (χ4v) is 5.50. The Kier molecular flexibility index (Phi) is 4.23. The van der Waals surface area contributed by atoms with Gasteiger partial charge in [-0.1, -0.05) is 53.0 Å². The lowest BCUT2D eigenvalue weighted by molar-refractivity contribution is 0.134. The molecule has 27 heavy (non-hydrogen) atoms. The molecule has 2 aliphatic heterocycles. The predicted octanol–water partition coefficient (Wildman–Crippen LogP) is 5.91. The number of likely N-dealkylation sites (N-methyl/N-ethyl adjacent to an activating group) is 1. The maximum atomic E-state index is 6.22. The SMILES string of the molecule is Cc1ccc([C@H]2C[C@H]3CCC([C@H]2c2nc4cc(Cl)c(Cl)cc4[nH]2)N3C)cc1. The number of H-pyrrole nitrogens is 1. The second-order valence-corrected chi connectivity index (χ2v) is 8.96. The van der Waals surface area contributed by atoms with Gasteiger partial charge < -0.3 is 4.98 Å². The summed E-state index contributed by atoms with van der Waals surface area (Å²) in [5, 5.41) is 1.12. The lowest BCUT2D eigenvalue weighted by Gasteiger charge is -2.42. The molecule has 3 aromatic rings. The average Bonchev–Trinajstić information content (AvgIpc) is 3.13. The molecule has 5 rings (SSSR count). The Bertz CT molecular complexity index is 956. The molecule has 1 unspecified atom stereocenters. The molecule has 140 valence electrons. The number of halogens is 2. The third-order valence-electron chi connectivity index (χ3n) is 6.63. The number of hydrogen-bond acceptors (Lipinski definition) is 2. The zero-order valence-electron chi connectivity index (χ0n) is 15.5. The van der Waals surface area contributed by atoms with Crippen molar-refractivity contribution in [2.45, 2.75) is 50.1 Å². The fourth-order valence-electron chi connectivity index (χ4n) is 5.18. The highest BCUT2D eigenvalue weighted by molar-refractivity contribution is 6.42. The Hall–Kier alpha value is -1.55. The monoisotopic (exact) mass is 399 g/mol. The summed E-state index contributed by atoms with van der Waals surface area (Å²) in [6.07, 6.45) is 3.68. The third kappa shape index (κ3) is 2.88. The number of rotatable bonds is 2. The van der Waals surface area contributed by atoms with Crippen molar-refractivity contribution in [2.24, 2.45) is 0 Å². The summed E-state index contributed by atoms with van der Waals surface area (Å²) in [7, 11) is 2.27. The largest absolute Gasteiger partial charge is 0.342 e. The topological polar surface area (TPSA) is 31.9 Å². The van der Waals surface area contributed by atoms with E-state index in [1.54, 1.807) is 0 Å². The van der Waals surface area contributed by atoms with Gasteiger partial charge in [-0.25, -0.2) is 4.98 Å². The van der Waals surface area contributed by atoms with Gasteiger partial charge >= 0.3 is 0 Å². The van der Waals surface area contributed by atoms with Crippen LogP contribution in [0.25, 0.3) is 11.0 Å². The normalized spacial score (nSPS) is 28.1. The number of fused-ring (bicyclic) bond motifs is 3. The minimum Gasteiger partial charge on any atom is -0.342 e. The molecule has 0 amide bonds. The highest BCUT2D eigenvalue weighted by atomic mass is 35.5. The van der Waals surface area contributed by atoms with Crippen molar-refractivity contribution in [3.05, 3.63) is 63.4 Å². The van der Waals surface area contributed by atoms with Gasteiger partial charge in [0.25, 0.3) is 0 Å². The zero-order chi connectivity index (χ0) is 18.7. The number of piperidine rings is 1. The average molecular weight is 400 g/mol. The molecule has 4 atom stereocenters. The van der Waals surface area contributed by atoms with E-state index in [1.165, 1.54) is 30.4 Å². The molecule has 0 spiro atoms. The van der Waals surface area contributed by atoms with Gasteiger partial charge in [0.15, 0.2) is 0 Å². The first kappa shape index (κ1) is 17.5. The van der Waals surface area contributed by atoms with Crippen LogP contribution in [0.1, 0.15) is 48.0 Å². The van der Waals surface area contributed by atoms with Crippen molar-refractivity contribution in [2.75, 3.05) is 7.05 Å². The first-order valence-electron chi connectivity index (χ1n) is 9.64. The second kappa shape index (κ2) is 6.51. The van der Waals surface area contributed by atoms with Gasteiger partial charge in [-0.2, -0.15) is 0 Å². The predicted molar refractivity (Wildman–Crippen MR) is 112 cm³/mol. The molecule has 3 heterocycles. The molecule has 2 fully saturated rings. The van der Waals surface area contributed by atoms with Gasteiger partial charge in [0.1, 0.15) is 5.82 Å². The summed E-state index contributed by atoms with van der Waals surface area (Å²) in [6.45, 7) is 2.15. The number of aromatic amines is 1. The van der Waals surface area contributed by atoms with Crippen LogP contribution in [-0.2, 0) is 0 Å². The molecule has 3 nitrogen and oxygen atoms in total. The molecule has 2 aromatic carbocycles. The smallest absolute Gasteiger partial charge is 0.112 e. The number of nitrogens with one attached hydrogen (secondary N) is 1. The van der Waals surface area contributed by atoms with Gasteiger partial charge in [-0.05, 0) is 56.8 Å². The van der Waals surface area contributed by atoms with E-state index < -0.39 is 0 Å². The van der Waals surface area contributed by atoms with Crippen LogP contribution < -0.4 is 0 Å². The van der Waals surface area contributed by atoms with Crippen LogP contribution in [0, 0.1) is 6.92 Å². The van der Waals surface area contributed by atoms with Crippen LogP contribution in [0.2, 0.25) is 10.0 Å². The van der Waals surface area contributed by atoms with Gasteiger partial charge in [0.2, 0.25) is 0 Å². The van der Waals surface area contributed by atoms with E-state index in [2.05, 4.69) is 48.1 Å². The van der Waals surface area contributed by atoms with Crippen LogP contribution >= 0.6 is 23.2 Å². The number of hydrogen-bond donors (Lipinski definition) is 1. The highest BCUT2D eigenvalue weighted by Crippen LogP contribution is 2.50. The number of imidazole rings is 1. The van der Waals surface area contributed by atoms with E-state index in [4.69, 9.17) is 28.2 Å². The summed E-state index contributed by atoms with van der Waals surface area (Å²) in [5.41, 5.74) is 4.58. The number of benzene rings is 2. The van der Waals surface area contributed by atoms with Crippen molar-refractivity contribution in [1.29, 1.82) is 0 Å². The lowest BCUT2D eigenvalue weighted by Crippen LogP contribution is -2.44. The first-order chi connectivity index (χ1) is 13.0. The summed E-state index contributed by atoms with van der Waals surface area (Å²) >= 11 is 12.4. The van der Waals surface area contributed by atoms with Crippen LogP contribution in [-0.4, -0.2) is 34.0 Å². The molecular formula is C22H23Cl2N3. The number of aryl methyl sites for hydroxylation is 1. The van der Waals surface area contributed by atoms with Crippen molar-refractivity contribution >= 4 is 34.2 Å². The molecule has 0 radical (unpaired) electrons. The Balaban J connectivity index is 1.62. The number of nitrogens with zero attached hydrogens (tertiary/aromatic N) is 2. The van der Waals surface area contributed by atoms with E-state index in [1.807, 2.05) is 12.1 Å². The molecule has 0 aliphatic carbocycles. The summed E-state index contributed by atoms with van der Waals surface area (Å²) < 4.78 is 0. The lowest BCUT2D eigenvalue weighted by atomic mass is 9.75. The Labute approximate surface area is 169 Å². The van der Waals surface area contributed by atoms with Crippen molar-refractivity contribution in [3.8, 4) is 0 Å². The Morgan fingerprint density at radius 3 is 2.59 bits per heavy atom. The van der Waals surface area contributed by atoms with Crippen molar-refractivity contribution in [3.63, 3.8) is 0 Å². The minimum atomic E-state index is 0.349. The molecule has 2 aliphatic rings. The molecular weight excluding hydrogens is 377 g/mol. The minimum absolute atomic E-state index is 0.349. The van der Waals surface area contributed by atoms with E-state index in [0.29, 0.717) is 34.0 Å². The molecule has 5 heteroatoms. The molecule has 1 aromatic heterocycles. The zero-order valence-corrected chi connectivity index (χ0v) is 17.1. The van der Waals surface area contributed by atoms with E-state index in [0.717, 1.165) is 16.9 Å². The second-order valence-electron chi connectivity index (χ2n) is 8.15. The van der Waals surface area contributed by atoms with Crippen LogP contribution in [0.15, 0.2) is 36.4 Å². The van der Waals surface area contributed by atoms with Crippen molar-refractivity contribution < 1.29 is 0 Å². The molecule has 2 saturated heterocycles. The van der Waals surface area contributed by atoms with Gasteiger partial charge in [0.05, 0.1) is 21.1 Å². The maximum absolute atomic E-state index is 6.22. The molecule has 1 N–H and O–H groups in total. The van der Waals surface area contributed by atoms with Crippen molar-refractivity contribution in [1.82, 2.24) is 14.9 Å². The Morgan fingerprint density at radius 2 is 1.81 bits per heavy atom. The van der Waals surface area contributed by atoms with Gasteiger partial charge in [-0.3, -0.25) is 4.90 Å². The third-order valence-corrected chi connectivity index (χ3v) is 7.35. The standard InChI is InChI=1S/C22H23Cl2N3/c1-12-3-5-13(6-4-12)15-9-14-7-8-20(27(14)2)21(15)22-25-18-10-16(23)17(24)11-19(18)26-22/h3-6,10-11,14-15,20-21H,7-9H2,1-2H3,(H,25,26)/t14-,15-,20?,21+/m1/s1. The van der Waals surface area contributed by atoms with E-state index >= 15 is 0 Å². The van der Waals surface area contributed by atoms with Gasteiger partial charge in [0, 0.05) is 18.0 Å². The van der Waals surface area contributed by atoms with E-state index in [-0.39, 0.29) is 0 Å². The molecule has 0 saturated carbocycles. The van der Waals surface area contributed by atoms with Crippen LogP contribution in [0.4, 0.5) is 0 Å². The van der Waals surface area contributed by atoms with Gasteiger partial charge in [-0.15, -0.1) is 0 Å². The van der Waals surface area contributed by atoms with E-state index in [9.17, 15) is 0 Å². The fraction of sp³-hybridized carbons (Fsp3) is 0.409. The maximum Gasteiger partial charge on any atom is 0.112 e. The summed E-state index contributed by atoms with van der Waals surface area (Å²) in [6, 6.07) is 14.0. The summed E-state index contributed by atoms with van der Waals surface area (Å²) in [5.74, 6) is 1.89.